The van der Waals surface area contributed by atoms with Gasteiger partial charge in [0.05, 0.1) is 36.5 Å². The maximum absolute atomic E-state index is 9.18. The number of hydrogen-bond donors (Lipinski definition) is 0. The first-order valence-corrected chi connectivity index (χ1v) is 18.1. The minimum absolute atomic E-state index is 0.0912. The second-order valence-corrected chi connectivity index (χ2v) is 14.1. The molecule has 2 fully saturated rings. The van der Waals surface area contributed by atoms with E-state index in [0.717, 1.165) is 22.1 Å². The van der Waals surface area contributed by atoms with Crippen LogP contribution >= 0.6 is 0 Å². The van der Waals surface area contributed by atoms with Gasteiger partial charge in [0.25, 0.3) is 0 Å². The normalized spacial score (nSPS) is 17.5. The Bertz CT molecular complexity index is 1940. The number of methoxy groups -OCH3 is 2. The van der Waals surface area contributed by atoms with Gasteiger partial charge in [-0.1, -0.05) is 26.0 Å². The molecule has 2 heterocycles. The van der Waals surface area contributed by atoms with Crippen LogP contribution in [-0.4, -0.2) is 68.0 Å². The smallest absolute Gasteiger partial charge is 0.457 e. The fraction of sp³-hybridized carbons (Fsp3) is 0.366. The molecule has 12 nitrogen and oxygen atoms in total. The summed E-state index contributed by atoms with van der Waals surface area (Å²) in [7, 11) is 1.96. The molecule has 0 spiro atoms. The molecule has 4 aromatic rings. The van der Waals surface area contributed by atoms with Crippen LogP contribution in [-0.2, 0) is 50.8 Å². The van der Waals surface area contributed by atoms with Crippen molar-refractivity contribution in [2.45, 2.75) is 39.8 Å². The fourth-order valence-corrected chi connectivity index (χ4v) is 6.21. The standard InChI is InChI=1S/C41H44B2N2O10/c1-41(2)26-52-43(53-27-41)39-16-14-37(55-35-11-7-30(22-45)8-12-35)20-33(39)24-49-40(47-4)31-17-18-50-42(51-25-31)38-15-13-36(19-32(38)23-48-28-46-3)54-34-9-5-29(21-44)6-10-34/h5-16,19-20,31,40H,17-18,23-28H2,1-4H3. The molecule has 284 valence electrons. The molecule has 2 aliphatic heterocycles. The maximum Gasteiger partial charge on any atom is 0.494 e. The van der Waals surface area contributed by atoms with E-state index >= 15 is 0 Å². The van der Waals surface area contributed by atoms with Gasteiger partial charge in [0, 0.05) is 52.0 Å². The number of ether oxygens (including phenoxy) is 6. The lowest BCUT2D eigenvalue weighted by molar-refractivity contribution is -0.169. The van der Waals surface area contributed by atoms with Crippen LogP contribution < -0.4 is 20.4 Å². The van der Waals surface area contributed by atoms with Crippen molar-refractivity contribution in [3.05, 3.63) is 107 Å². The topological polar surface area (TPSA) is 140 Å². The summed E-state index contributed by atoms with van der Waals surface area (Å²) < 4.78 is 60.4. The molecule has 2 unspecified atom stereocenters. The average Bonchev–Trinajstić information content (AvgIpc) is 3.46. The van der Waals surface area contributed by atoms with Crippen LogP contribution in [0.5, 0.6) is 23.0 Å². The zero-order valence-electron chi connectivity index (χ0n) is 31.5. The van der Waals surface area contributed by atoms with Crippen LogP contribution in [0.25, 0.3) is 0 Å². The lowest BCUT2D eigenvalue weighted by Gasteiger charge is -2.34. The highest BCUT2D eigenvalue weighted by molar-refractivity contribution is 6.62. The van der Waals surface area contributed by atoms with E-state index < -0.39 is 20.5 Å². The number of hydrogen-bond acceptors (Lipinski definition) is 12. The molecule has 2 saturated heterocycles. The highest BCUT2D eigenvalue weighted by atomic mass is 16.7. The van der Waals surface area contributed by atoms with E-state index in [9.17, 15) is 5.26 Å². The summed E-state index contributed by atoms with van der Waals surface area (Å²) in [5, 5.41) is 18.3. The Hall–Kier alpha value is -4.73. The predicted octanol–water partition coefficient (Wildman–Crippen LogP) is 5.84. The Kier molecular flexibility index (Phi) is 14.0. The van der Waals surface area contributed by atoms with Gasteiger partial charge >= 0.3 is 14.2 Å². The maximum atomic E-state index is 9.18. The summed E-state index contributed by atoms with van der Waals surface area (Å²) in [5.41, 5.74) is 4.30. The minimum Gasteiger partial charge on any atom is -0.457 e. The summed E-state index contributed by atoms with van der Waals surface area (Å²) in [5.74, 6) is 2.26. The molecule has 55 heavy (non-hydrogen) atoms. The van der Waals surface area contributed by atoms with E-state index in [1.54, 1.807) is 62.8 Å². The van der Waals surface area contributed by atoms with Crippen molar-refractivity contribution in [3.8, 4) is 35.1 Å². The predicted molar refractivity (Wildman–Crippen MR) is 204 cm³/mol. The quantitative estimate of drug-likeness (QED) is 0.0821. The molecular weight excluding hydrogens is 702 g/mol. The summed E-state index contributed by atoms with van der Waals surface area (Å²) in [4.78, 5) is 0. The van der Waals surface area contributed by atoms with Crippen molar-refractivity contribution in [1.29, 1.82) is 10.5 Å². The van der Waals surface area contributed by atoms with E-state index in [1.807, 2.05) is 36.4 Å². The second-order valence-electron chi connectivity index (χ2n) is 14.1. The monoisotopic (exact) mass is 746 g/mol. The van der Waals surface area contributed by atoms with E-state index in [4.69, 9.17) is 52.3 Å². The van der Waals surface area contributed by atoms with Crippen molar-refractivity contribution in [2.75, 3.05) is 47.4 Å². The van der Waals surface area contributed by atoms with Crippen LogP contribution in [0.4, 0.5) is 0 Å². The molecule has 0 aromatic heterocycles. The van der Waals surface area contributed by atoms with Gasteiger partial charge < -0.3 is 47.0 Å². The highest BCUT2D eigenvalue weighted by Crippen LogP contribution is 2.28. The number of rotatable bonds is 15. The summed E-state index contributed by atoms with van der Waals surface area (Å²) >= 11 is 0. The first kappa shape index (κ1) is 39.9. The fourth-order valence-electron chi connectivity index (χ4n) is 6.21. The largest absolute Gasteiger partial charge is 0.494 e. The zero-order valence-corrected chi connectivity index (χ0v) is 31.5. The van der Waals surface area contributed by atoms with Crippen molar-refractivity contribution in [2.24, 2.45) is 11.3 Å². The van der Waals surface area contributed by atoms with Crippen LogP contribution in [0.2, 0.25) is 0 Å². The lowest BCUT2D eigenvalue weighted by atomic mass is 9.73. The third kappa shape index (κ3) is 10.9. The Morgan fingerprint density at radius 3 is 1.76 bits per heavy atom. The van der Waals surface area contributed by atoms with Gasteiger partial charge in [-0.2, -0.15) is 10.5 Å². The molecule has 0 N–H and O–H groups in total. The Morgan fingerprint density at radius 1 is 0.709 bits per heavy atom. The van der Waals surface area contributed by atoms with Gasteiger partial charge in [-0.25, -0.2) is 0 Å². The van der Waals surface area contributed by atoms with Gasteiger partial charge in [0.2, 0.25) is 0 Å². The molecule has 0 saturated carbocycles. The Morgan fingerprint density at radius 2 is 1.24 bits per heavy atom. The Labute approximate surface area is 323 Å². The summed E-state index contributed by atoms with van der Waals surface area (Å²) in [6.45, 7) is 6.57. The van der Waals surface area contributed by atoms with Gasteiger partial charge in [-0.15, -0.1) is 0 Å². The van der Waals surface area contributed by atoms with Crippen LogP contribution in [0.3, 0.4) is 0 Å². The molecule has 0 amide bonds. The van der Waals surface area contributed by atoms with E-state index in [1.165, 1.54) is 0 Å². The molecule has 6 rings (SSSR count). The van der Waals surface area contributed by atoms with Crippen molar-refractivity contribution < 1.29 is 47.0 Å². The van der Waals surface area contributed by atoms with Gasteiger partial charge in [0.15, 0.2) is 6.29 Å². The SMILES string of the molecule is COCOCc1cc(Oc2ccc(C#N)cc2)ccc1B1OCCC(C(OC)OCc2cc(Oc3ccc(C#N)cc3)ccc2B2OCC(C)(C)CO2)CO1. The van der Waals surface area contributed by atoms with Crippen molar-refractivity contribution in [3.63, 3.8) is 0 Å². The van der Waals surface area contributed by atoms with Gasteiger partial charge in [-0.3, -0.25) is 0 Å². The van der Waals surface area contributed by atoms with E-state index in [2.05, 4.69) is 26.0 Å². The third-order valence-corrected chi connectivity index (χ3v) is 9.12. The highest BCUT2D eigenvalue weighted by Gasteiger charge is 2.36. The molecule has 4 aromatic carbocycles. The van der Waals surface area contributed by atoms with E-state index in [0.29, 0.717) is 67.0 Å². The first-order chi connectivity index (χ1) is 26.8. The molecule has 0 radical (unpaired) electrons. The Balaban J connectivity index is 1.14. The van der Waals surface area contributed by atoms with Crippen molar-refractivity contribution in [1.82, 2.24) is 0 Å². The van der Waals surface area contributed by atoms with Crippen molar-refractivity contribution >= 4 is 25.2 Å². The molecular formula is C41H44B2N2O10. The van der Waals surface area contributed by atoms with E-state index in [-0.39, 0.29) is 31.3 Å². The number of benzene rings is 4. The van der Waals surface area contributed by atoms with Crippen LogP contribution in [0, 0.1) is 34.0 Å². The molecule has 0 bridgehead atoms. The second kappa shape index (κ2) is 19.2. The minimum atomic E-state index is -0.667. The van der Waals surface area contributed by atoms with Crippen LogP contribution in [0.15, 0.2) is 84.9 Å². The first-order valence-electron chi connectivity index (χ1n) is 18.1. The van der Waals surface area contributed by atoms with Crippen LogP contribution in [0.1, 0.15) is 42.5 Å². The lowest BCUT2D eigenvalue weighted by Crippen LogP contribution is -2.48. The summed E-state index contributed by atoms with van der Waals surface area (Å²) in [6, 6.07) is 29.5. The molecule has 14 heteroatoms. The average molecular weight is 746 g/mol. The number of nitriles is 2. The van der Waals surface area contributed by atoms with Gasteiger partial charge in [0.1, 0.15) is 29.8 Å². The number of nitrogens with zero attached hydrogens (tertiary/aromatic N) is 2. The third-order valence-electron chi connectivity index (χ3n) is 9.12. The summed E-state index contributed by atoms with van der Waals surface area (Å²) in [6.07, 6.45) is 0.0152. The zero-order chi connectivity index (χ0) is 38.6. The molecule has 2 atom stereocenters. The molecule has 2 aliphatic rings. The molecule has 0 aliphatic carbocycles. The van der Waals surface area contributed by atoms with Gasteiger partial charge in [-0.05, 0) is 101 Å².